The first-order chi connectivity index (χ1) is 8.36. The molecule has 1 aliphatic heterocycles. The van der Waals surface area contributed by atoms with E-state index in [9.17, 15) is 4.79 Å². The zero-order valence-corrected chi connectivity index (χ0v) is 13.9. The zero-order valence-electron chi connectivity index (χ0n) is 9.99. The van der Waals surface area contributed by atoms with Crippen LogP contribution in [0.5, 0.6) is 0 Å². The summed E-state index contributed by atoms with van der Waals surface area (Å²) in [5.41, 5.74) is 0.360. The van der Waals surface area contributed by atoms with Crippen LogP contribution in [0.15, 0.2) is 24.3 Å². The van der Waals surface area contributed by atoms with E-state index in [-0.39, 0.29) is 21.5 Å². The van der Waals surface area contributed by atoms with Crippen molar-refractivity contribution in [2.24, 2.45) is 0 Å². The second kappa shape index (κ2) is 5.23. The van der Waals surface area contributed by atoms with Crippen molar-refractivity contribution in [3.63, 3.8) is 0 Å². The quantitative estimate of drug-likeness (QED) is 0.561. The van der Waals surface area contributed by atoms with Crippen molar-refractivity contribution < 1.29 is 9.53 Å². The molecule has 4 atom stereocenters. The minimum absolute atomic E-state index is 0.00466. The molecule has 0 aliphatic carbocycles. The van der Waals surface area contributed by atoms with Crippen LogP contribution in [0.4, 0.5) is 0 Å². The second-order valence-electron chi connectivity index (χ2n) is 4.59. The zero-order chi connectivity index (χ0) is 13.5. The Morgan fingerprint density at radius 3 is 2.33 bits per heavy atom. The molecule has 1 aromatic carbocycles. The van der Waals surface area contributed by atoms with E-state index in [4.69, 9.17) is 16.3 Å². The number of hydrogen-bond acceptors (Lipinski definition) is 2. The highest BCUT2D eigenvalue weighted by molar-refractivity contribution is 9.12. The van der Waals surface area contributed by atoms with Crippen LogP contribution in [0.1, 0.15) is 24.2 Å². The van der Waals surface area contributed by atoms with Crippen molar-refractivity contribution in [2.45, 2.75) is 35.2 Å². The number of epoxide rings is 1. The Balaban J connectivity index is 2.11. The summed E-state index contributed by atoms with van der Waals surface area (Å²) in [5.74, 6) is 0.0619. The van der Waals surface area contributed by atoms with Crippen LogP contribution in [0.3, 0.4) is 0 Å². The predicted octanol–water partition coefficient (Wildman–Crippen LogP) is 4.29. The Kier molecular flexibility index (Phi) is 4.22. The van der Waals surface area contributed by atoms with Gasteiger partial charge in [-0.1, -0.05) is 55.6 Å². The van der Waals surface area contributed by atoms with Gasteiger partial charge in [-0.05, 0) is 31.5 Å². The van der Waals surface area contributed by atoms with E-state index < -0.39 is 5.60 Å². The van der Waals surface area contributed by atoms with E-state index in [0.717, 1.165) is 5.56 Å². The predicted molar refractivity (Wildman–Crippen MR) is 79.8 cm³/mol. The molecule has 4 unspecified atom stereocenters. The fourth-order valence-corrected chi connectivity index (χ4v) is 3.24. The lowest BCUT2D eigenvalue weighted by Crippen LogP contribution is -2.33. The number of Topliss-reactive ketones (excluding diaryl/α,β-unsaturated/α-hetero) is 1. The molecule has 18 heavy (non-hydrogen) atoms. The normalized spacial score (nSPS) is 29.7. The number of carbonyl (C=O) groups excluding carboxylic acids is 1. The maximum atomic E-state index is 12.3. The van der Waals surface area contributed by atoms with E-state index >= 15 is 0 Å². The van der Waals surface area contributed by atoms with Gasteiger partial charge in [0.15, 0.2) is 11.4 Å². The smallest absolute Gasteiger partial charge is 0.182 e. The molecule has 0 saturated carbocycles. The Hall–Kier alpha value is 0.1000. The molecule has 5 heteroatoms. The number of benzene rings is 1. The molecule has 2 rings (SSSR count). The summed E-state index contributed by atoms with van der Waals surface area (Å²) < 4.78 is 5.37. The minimum atomic E-state index is -0.646. The average molecular weight is 397 g/mol. The molecule has 0 N–H and O–H groups in total. The number of rotatable bonds is 4. The topological polar surface area (TPSA) is 29.6 Å². The van der Waals surface area contributed by atoms with Gasteiger partial charge in [-0.25, -0.2) is 0 Å². The number of alkyl halides is 2. The van der Waals surface area contributed by atoms with Crippen molar-refractivity contribution in [1.29, 1.82) is 0 Å². The van der Waals surface area contributed by atoms with Crippen molar-refractivity contribution in [3.05, 3.63) is 34.9 Å². The average Bonchev–Trinajstić information content (AvgIpc) is 2.97. The van der Waals surface area contributed by atoms with Crippen molar-refractivity contribution in [3.8, 4) is 0 Å². The van der Waals surface area contributed by atoms with Crippen LogP contribution in [0.25, 0.3) is 0 Å². The number of ether oxygens (including phenoxy) is 1. The molecule has 1 saturated heterocycles. The van der Waals surface area contributed by atoms with E-state index in [1.807, 2.05) is 38.1 Å². The third-order valence-corrected chi connectivity index (χ3v) is 6.29. The lowest BCUT2D eigenvalue weighted by atomic mass is 9.97. The fraction of sp³-hybridized carbons (Fsp3) is 0.462. The summed E-state index contributed by atoms with van der Waals surface area (Å²) in [4.78, 5) is 11.9. The van der Waals surface area contributed by atoms with Crippen LogP contribution in [-0.2, 0) is 9.53 Å². The monoisotopic (exact) mass is 394 g/mol. The van der Waals surface area contributed by atoms with Gasteiger partial charge in [0.05, 0.1) is 15.8 Å². The molecular weight excluding hydrogens is 383 g/mol. The number of ketones is 1. The first kappa shape index (κ1) is 14.5. The first-order valence-electron chi connectivity index (χ1n) is 5.62. The Bertz CT molecular complexity index is 463. The van der Waals surface area contributed by atoms with Crippen molar-refractivity contribution >= 4 is 49.2 Å². The first-order valence-corrected chi connectivity index (χ1v) is 7.83. The molecule has 0 aromatic heterocycles. The van der Waals surface area contributed by atoms with E-state index in [0.29, 0.717) is 5.02 Å². The largest absolute Gasteiger partial charge is 0.358 e. The lowest BCUT2D eigenvalue weighted by molar-refractivity contribution is -0.122. The van der Waals surface area contributed by atoms with Gasteiger partial charge in [-0.2, -0.15) is 0 Å². The van der Waals surface area contributed by atoms with Gasteiger partial charge in [-0.15, -0.1) is 0 Å². The number of halogens is 3. The summed E-state index contributed by atoms with van der Waals surface area (Å²) in [5, 5.41) is 0.682. The van der Waals surface area contributed by atoms with Gasteiger partial charge >= 0.3 is 0 Å². The molecule has 1 aromatic rings. The molecule has 2 nitrogen and oxygen atoms in total. The van der Waals surface area contributed by atoms with Crippen LogP contribution in [-0.4, -0.2) is 22.3 Å². The lowest BCUT2D eigenvalue weighted by Gasteiger charge is -2.18. The van der Waals surface area contributed by atoms with E-state index in [2.05, 4.69) is 31.9 Å². The Morgan fingerprint density at radius 2 is 1.89 bits per heavy atom. The SMILES string of the molecule is CC1OC1(C)C(=O)C(Br)C(Br)c1ccc(Cl)cc1. The summed E-state index contributed by atoms with van der Waals surface area (Å²) in [7, 11) is 0. The molecule has 0 radical (unpaired) electrons. The van der Waals surface area contributed by atoms with Gasteiger partial charge < -0.3 is 4.74 Å². The van der Waals surface area contributed by atoms with Crippen molar-refractivity contribution in [1.82, 2.24) is 0 Å². The third kappa shape index (κ3) is 2.67. The van der Waals surface area contributed by atoms with E-state index in [1.54, 1.807) is 0 Å². The van der Waals surface area contributed by atoms with Gasteiger partial charge in [0.25, 0.3) is 0 Å². The molecule has 0 bridgehead atoms. The highest BCUT2D eigenvalue weighted by Gasteiger charge is 2.57. The Labute approximate surface area is 128 Å². The molecule has 0 amide bonds. The fourth-order valence-electron chi connectivity index (χ4n) is 1.81. The summed E-state index contributed by atoms with van der Waals surface area (Å²) in [6.07, 6.45) is -0.00466. The van der Waals surface area contributed by atoms with Gasteiger partial charge in [0.1, 0.15) is 0 Å². The summed E-state index contributed by atoms with van der Waals surface area (Å²) in [6.45, 7) is 3.74. The molecule has 1 aliphatic rings. The third-order valence-electron chi connectivity index (χ3n) is 3.33. The maximum absolute atomic E-state index is 12.3. The van der Waals surface area contributed by atoms with Gasteiger partial charge in [0, 0.05) is 5.02 Å². The van der Waals surface area contributed by atoms with Gasteiger partial charge in [0.2, 0.25) is 0 Å². The van der Waals surface area contributed by atoms with Crippen LogP contribution >= 0.6 is 43.5 Å². The van der Waals surface area contributed by atoms with E-state index in [1.165, 1.54) is 0 Å². The molecule has 98 valence electrons. The number of carbonyl (C=O) groups is 1. The summed E-state index contributed by atoms with van der Waals surface area (Å²) in [6, 6.07) is 7.44. The number of hydrogen-bond donors (Lipinski definition) is 0. The maximum Gasteiger partial charge on any atom is 0.182 e. The van der Waals surface area contributed by atoms with Crippen LogP contribution in [0, 0.1) is 0 Å². The molecule has 1 heterocycles. The second-order valence-corrected chi connectivity index (χ2v) is 7.00. The Morgan fingerprint density at radius 1 is 1.39 bits per heavy atom. The van der Waals surface area contributed by atoms with Crippen LogP contribution in [0.2, 0.25) is 5.02 Å². The molecule has 0 spiro atoms. The minimum Gasteiger partial charge on any atom is -0.358 e. The van der Waals surface area contributed by atoms with Gasteiger partial charge in [-0.3, -0.25) is 4.79 Å². The highest BCUT2D eigenvalue weighted by atomic mass is 79.9. The standard InChI is InChI=1S/C13H13Br2ClO2/c1-7-13(2,18-7)12(17)11(15)10(14)8-3-5-9(16)6-4-8/h3-7,10-11H,1-2H3. The highest BCUT2D eigenvalue weighted by Crippen LogP contribution is 2.42. The molecular formula is C13H13Br2ClO2. The van der Waals surface area contributed by atoms with Crippen LogP contribution < -0.4 is 0 Å². The summed E-state index contributed by atoms with van der Waals surface area (Å²) >= 11 is 12.9. The van der Waals surface area contributed by atoms with Crippen molar-refractivity contribution in [2.75, 3.05) is 0 Å². The molecule has 1 fully saturated rings.